The molecule has 3 rings (SSSR count). The first-order valence-corrected chi connectivity index (χ1v) is 11.4. The molecule has 0 spiro atoms. The van der Waals surface area contributed by atoms with Gasteiger partial charge in [-0.3, -0.25) is 0 Å². The van der Waals surface area contributed by atoms with Crippen molar-refractivity contribution in [3.8, 4) is 5.69 Å². The fraction of sp³-hybridized carbons (Fsp3) is 0.200. The molecule has 1 aromatic heterocycles. The third-order valence-electron chi connectivity index (χ3n) is 4.15. The minimum atomic E-state index is -3.10. The third kappa shape index (κ3) is 5.38. The van der Waals surface area contributed by atoms with Crippen LogP contribution in [-0.4, -0.2) is 37.5 Å². The molecule has 9 heteroatoms. The van der Waals surface area contributed by atoms with E-state index in [1.54, 1.807) is 41.1 Å². The fourth-order valence-corrected chi connectivity index (χ4v) is 4.16. The van der Waals surface area contributed by atoms with Crippen LogP contribution in [0.15, 0.2) is 48.5 Å². The molecule has 0 saturated heterocycles. The number of carbonyl (C=O) groups excluding carboxylic acids is 1. The number of carbonyl (C=O) groups is 1. The average molecular weight is 453 g/mol. The van der Waals surface area contributed by atoms with E-state index >= 15 is 0 Å². The van der Waals surface area contributed by atoms with E-state index in [9.17, 15) is 13.2 Å². The zero-order valence-corrected chi connectivity index (χ0v) is 18.1. The highest BCUT2D eigenvalue weighted by atomic mass is 35.5. The van der Waals surface area contributed by atoms with Crippen LogP contribution in [0.3, 0.4) is 0 Å². The normalized spacial score (nSPS) is 11.4. The molecule has 3 aromatic rings. The Balaban J connectivity index is 1.97. The van der Waals surface area contributed by atoms with Crippen LogP contribution in [0.5, 0.6) is 0 Å². The molecule has 0 radical (unpaired) electrons. The Labute approximate surface area is 178 Å². The Morgan fingerprint density at radius 1 is 1.07 bits per heavy atom. The van der Waals surface area contributed by atoms with E-state index in [4.69, 9.17) is 27.9 Å². The SMILES string of the molecule is COC(=O)c1cc(Cc2ccc(CS(C)(=O)=O)cc2)n(-c2ccc(Cl)cc2Cl)n1. The number of halogens is 2. The minimum absolute atomic E-state index is 0.0158. The maximum atomic E-state index is 12.0. The molecule has 0 unspecified atom stereocenters. The summed E-state index contributed by atoms with van der Waals surface area (Å²) in [5, 5.41) is 5.22. The lowest BCUT2D eigenvalue weighted by atomic mass is 10.1. The van der Waals surface area contributed by atoms with Gasteiger partial charge < -0.3 is 4.74 Å². The Morgan fingerprint density at radius 2 is 1.72 bits per heavy atom. The molecule has 29 heavy (non-hydrogen) atoms. The lowest BCUT2D eigenvalue weighted by molar-refractivity contribution is 0.0593. The second-order valence-electron chi connectivity index (χ2n) is 6.58. The van der Waals surface area contributed by atoms with Crippen LogP contribution in [-0.2, 0) is 26.7 Å². The van der Waals surface area contributed by atoms with Crippen molar-refractivity contribution >= 4 is 39.0 Å². The van der Waals surface area contributed by atoms with Crippen molar-refractivity contribution in [2.75, 3.05) is 13.4 Å². The molecule has 0 bridgehead atoms. The zero-order valence-electron chi connectivity index (χ0n) is 15.7. The van der Waals surface area contributed by atoms with Crippen LogP contribution in [0.25, 0.3) is 5.69 Å². The monoisotopic (exact) mass is 452 g/mol. The first-order chi connectivity index (χ1) is 13.7. The van der Waals surface area contributed by atoms with Gasteiger partial charge in [-0.1, -0.05) is 47.5 Å². The highest BCUT2D eigenvalue weighted by molar-refractivity contribution is 7.89. The van der Waals surface area contributed by atoms with Gasteiger partial charge in [0.15, 0.2) is 15.5 Å². The van der Waals surface area contributed by atoms with Crippen LogP contribution in [0.2, 0.25) is 10.0 Å². The Morgan fingerprint density at radius 3 is 2.31 bits per heavy atom. The van der Waals surface area contributed by atoms with Crippen LogP contribution < -0.4 is 0 Å². The lowest BCUT2D eigenvalue weighted by Crippen LogP contribution is -2.06. The van der Waals surface area contributed by atoms with E-state index in [-0.39, 0.29) is 11.4 Å². The summed E-state index contributed by atoms with van der Waals surface area (Å²) in [6.07, 6.45) is 1.64. The number of hydrogen-bond donors (Lipinski definition) is 0. The van der Waals surface area contributed by atoms with Crippen molar-refractivity contribution in [3.63, 3.8) is 0 Å². The standard InChI is InChI=1S/C20H18Cl2N2O4S/c1-28-20(25)18-11-16(24(23-18)19-8-7-15(21)10-17(19)22)9-13-3-5-14(6-4-13)12-29(2,26)27/h3-8,10-11H,9,12H2,1-2H3. The van der Waals surface area contributed by atoms with Crippen molar-refractivity contribution in [2.24, 2.45) is 0 Å². The molecule has 152 valence electrons. The Hall–Kier alpha value is -2.35. The first-order valence-electron chi connectivity index (χ1n) is 8.54. The van der Waals surface area contributed by atoms with Crippen LogP contribution in [0, 0.1) is 0 Å². The van der Waals surface area contributed by atoms with Crippen molar-refractivity contribution in [1.82, 2.24) is 9.78 Å². The molecular weight excluding hydrogens is 435 g/mol. The Kier molecular flexibility index (Phi) is 6.31. The molecule has 2 aromatic carbocycles. The Bertz CT molecular complexity index is 1160. The molecule has 0 saturated carbocycles. The summed E-state index contributed by atoms with van der Waals surface area (Å²) < 4.78 is 29.3. The van der Waals surface area contributed by atoms with Crippen LogP contribution in [0.1, 0.15) is 27.3 Å². The van der Waals surface area contributed by atoms with Crippen LogP contribution >= 0.6 is 23.2 Å². The number of methoxy groups -OCH3 is 1. The highest BCUT2D eigenvalue weighted by Gasteiger charge is 2.18. The zero-order chi connectivity index (χ0) is 21.2. The summed E-state index contributed by atoms with van der Waals surface area (Å²) in [7, 11) is -1.81. The largest absolute Gasteiger partial charge is 0.464 e. The summed E-state index contributed by atoms with van der Waals surface area (Å²) in [6, 6.07) is 13.9. The van der Waals surface area contributed by atoms with E-state index in [0.717, 1.165) is 5.56 Å². The molecule has 0 N–H and O–H groups in total. The molecule has 0 aliphatic carbocycles. The van der Waals surface area contributed by atoms with E-state index in [1.807, 2.05) is 12.1 Å². The predicted molar refractivity (Wildman–Crippen MR) is 113 cm³/mol. The van der Waals surface area contributed by atoms with E-state index in [0.29, 0.717) is 33.4 Å². The van der Waals surface area contributed by atoms with Gasteiger partial charge in [0.05, 0.1) is 23.6 Å². The third-order valence-corrected chi connectivity index (χ3v) is 5.55. The molecule has 0 aliphatic heterocycles. The van der Waals surface area contributed by atoms with Crippen molar-refractivity contribution in [3.05, 3.63) is 81.1 Å². The number of ether oxygens (including phenoxy) is 1. The van der Waals surface area contributed by atoms with Gasteiger partial charge in [0.1, 0.15) is 0 Å². The van der Waals surface area contributed by atoms with Gasteiger partial charge in [-0.2, -0.15) is 5.10 Å². The lowest BCUT2D eigenvalue weighted by Gasteiger charge is -2.10. The summed E-state index contributed by atoms with van der Waals surface area (Å²) in [5.41, 5.74) is 3.08. The number of aromatic nitrogens is 2. The average Bonchev–Trinajstić information content (AvgIpc) is 3.05. The number of benzene rings is 2. The van der Waals surface area contributed by atoms with Gasteiger partial charge in [-0.15, -0.1) is 0 Å². The molecule has 6 nitrogen and oxygen atoms in total. The second kappa shape index (κ2) is 8.57. The summed E-state index contributed by atoms with van der Waals surface area (Å²) in [4.78, 5) is 12.0. The molecule has 0 amide bonds. The van der Waals surface area contributed by atoms with E-state index in [2.05, 4.69) is 5.10 Å². The first kappa shape index (κ1) is 21.4. The number of hydrogen-bond acceptors (Lipinski definition) is 5. The van der Waals surface area contributed by atoms with E-state index < -0.39 is 15.8 Å². The minimum Gasteiger partial charge on any atom is -0.464 e. The maximum absolute atomic E-state index is 12.0. The highest BCUT2D eigenvalue weighted by Crippen LogP contribution is 2.26. The summed E-state index contributed by atoms with van der Waals surface area (Å²) in [5.74, 6) is -0.573. The van der Waals surface area contributed by atoms with Crippen molar-refractivity contribution in [2.45, 2.75) is 12.2 Å². The van der Waals surface area contributed by atoms with Gasteiger partial charge in [0.2, 0.25) is 0 Å². The van der Waals surface area contributed by atoms with Crippen molar-refractivity contribution in [1.29, 1.82) is 0 Å². The van der Waals surface area contributed by atoms with Gasteiger partial charge in [0, 0.05) is 23.4 Å². The second-order valence-corrected chi connectivity index (χ2v) is 9.57. The number of esters is 1. The predicted octanol–water partition coefficient (Wildman–Crippen LogP) is 4.10. The number of rotatable bonds is 6. The number of nitrogens with zero attached hydrogens (tertiary/aromatic N) is 2. The molecular formula is C20H18Cl2N2O4S. The van der Waals surface area contributed by atoms with Gasteiger partial charge in [0.25, 0.3) is 0 Å². The fourth-order valence-electron chi connectivity index (χ4n) is 2.88. The van der Waals surface area contributed by atoms with E-state index in [1.165, 1.54) is 13.4 Å². The summed E-state index contributed by atoms with van der Waals surface area (Å²) in [6.45, 7) is 0. The molecule has 1 heterocycles. The van der Waals surface area contributed by atoms with Crippen LogP contribution in [0.4, 0.5) is 0 Å². The van der Waals surface area contributed by atoms with Gasteiger partial charge in [-0.25, -0.2) is 17.9 Å². The molecule has 0 aliphatic rings. The summed E-state index contributed by atoms with van der Waals surface area (Å²) >= 11 is 12.3. The topological polar surface area (TPSA) is 78.3 Å². The quantitative estimate of drug-likeness (QED) is 0.526. The van der Waals surface area contributed by atoms with Crippen molar-refractivity contribution < 1.29 is 17.9 Å². The van der Waals surface area contributed by atoms with Gasteiger partial charge >= 0.3 is 5.97 Å². The molecule has 0 atom stereocenters. The molecule has 0 fully saturated rings. The smallest absolute Gasteiger partial charge is 0.358 e. The maximum Gasteiger partial charge on any atom is 0.358 e. The number of sulfone groups is 1. The van der Waals surface area contributed by atoms with Gasteiger partial charge in [-0.05, 0) is 35.4 Å².